The van der Waals surface area contributed by atoms with Crippen LogP contribution in [0.1, 0.15) is 38.2 Å². The Morgan fingerprint density at radius 3 is 2.28 bits per heavy atom. The summed E-state index contributed by atoms with van der Waals surface area (Å²) in [5.41, 5.74) is 1.57. The number of fused-ring (bicyclic) bond motifs is 1. The molecule has 1 fully saturated rings. The minimum atomic E-state index is -1.26. The van der Waals surface area contributed by atoms with Gasteiger partial charge >= 0.3 is 11.9 Å². The first-order chi connectivity index (χ1) is 13.7. The quantitative estimate of drug-likeness (QED) is 0.424. The molecule has 1 aliphatic rings. The Kier molecular flexibility index (Phi) is 7.86. The Morgan fingerprint density at radius 1 is 1.21 bits per heavy atom. The molecular formula is C20H24N2O6S. The maximum Gasteiger partial charge on any atom is 0.328 e. The van der Waals surface area contributed by atoms with Crippen LogP contribution in [0.15, 0.2) is 35.7 Å². The second-order valence-corrected chi connectivity index (χ2v) is 7.95. The van der Waals surface area contributed by atoms with Crippen LogP contribution < -0.4 is 0 Å². The number of hydrogen-bond acceptors (Lipinski definition) is 6. The van der Waals surface area contributed by atoms with Gasteiger partial charge in [0.05, 0.1) is 4.92 Å². The van der Waals surface area contributed by atoms with Gasteiger partial charge in [0.15, 0.2) is 0 Å². The number of hydrogen-bond donors (Lipinski definition) is 2. The molecule has 1 aromatic heterocycles. The number of carboxylic acids is 2. The van der Waals surface area contributed by atoms with Crippen LogP contribution in [-0.4, -0.2) is 51.1 Å². The number of benzene rings is 1. The Hall–Kier alpha value is -2.78. The monoisotopic (exact) mass is 420 g/mol. The van der Waals surface area contributed by atoms with Crippen molar-refractivity contribution in [3.63, 3.8) is 0 Å². The van der Waals surface area contributed by atoms with Gasteiger partial charge < -0.3 is 15.1 Å². The number of likely N-dealkylation sites (tertiary alicyclic amines) is 1. The van der Waals surface area contributed by atoms with Gasteiger partial charge in [0.2, 0.25) is 0 Å². The number of rotatable bonds is 5. The lowest BCUT2D eigenvalue weighted by Gasteiger charge is -2.34. The minimum absolute atomic E-state index is 0.186. The van der Waals surface area contributed by atoms with Gasteiger partial charge in [-0.1, -0.05) is 0 Å². The molecule has 0 unspecified atom stereocenters. The number of nitro groups is 1. The number of carboxylic acid groups (broad SMARTS) is 2. The Morgan fingerprint density at radius 2 is 1.79 bits per heavy atom. The molecule has 1 saturated heterocycles. The van der Waals surface area contributed by atoms with Crippen molar-refractivity contribution in [1.29, 1.82) is 0 Å². The van der Waals surface area contributed by atoms with E-state index in [0.29, 0.717) is 24.1 Å². The third-order valence-corrected chi connectivity index (χ3v) is 5.83. The summed E-state index contributed by atoms with van der Waals surface area (Å²) >= 11 is 1.63. The minimum Gasteiger partial charge on any atom is -0.478 e. The first-order valence-electron chi connectivity index (χ1n) is 9.22. The van der Waals surface area contributed by atoms with Crippen molar-refractivity contribution in [3.8, 4) is 0 Å². The second kappa shape index (κ2) is 10.1. The molecule has 0 atom stereocenters. The predicted octanol–water partition coefficient (Wildman–Crippen LogP) is 4.11. The number of thiophene rings is 1. The van der Waals surface area contributed by atoms with Gasteiger partial charge in [-0.05, 0) is 68.1 Å². The number of aliphatic carboxylic acids is 2. The molecule has 0 bridgehead atoms. The first kappa shape index (κ1) is 22.5. The Labute approximate surface area is 172 Å². The summed E-state index contributed by atoms with van der Waals surface area (Å²) in [6, 6.07) is 5.87. The smallest absolute Gasteiger partial charge is 0.328 e. The fourth-order valence-corrected chi connectivity index (χ4v) is 4.41. The van der Waals surface area contributed by atoms with Gasteiger partial charge in [-0.3, -0.25) is 10.1 Å². The Bertz CT molecular complexity index is 897. The standard InChI is InChI=1S/C16H20N2O2S.C4H4O4/c1-11(2)17-7-5-12(6-8-17)15-10-21-16-9-13(18(19)20)3-4-14(15)16;5-3(6)1-2-4(7)8/h3-4,9-12H,5-8H2,1-2H3;1-2H,(H,5,6)(H,7,8)/b;2-1-. The summed E-state index contributed by atoms with van der Waals surface area (Å²) in [4.78, 5) is 32.2. The zero-order valence-corrected chi connectivity index (χ0v) is 17.1. The van der Waals surface area contributed by atoms with Gasteiger partial charge in [0.1, 0.15) is 0 Å². The van der Waals surface area contributed by atoms with Crippen molar-refractivity contribution in [2.75, 3.05) is 13.1 Å². The lowest BCUT2D eigenvalue weighted by Crippen LogP contribution is -2.37. The molecule has 2 aromatic rings. The van der Waals surface area contributed by atoms with E-state index in [1.807, 2.05) is 6.07 Å². The topological polar surface area (TPSA) is 121 Å². The van der Waals surface area contributed by atoms with Crippen LogP contribution >= 0.6 is 11.3 Å². The molecule has 0 radical (unpaired) electrons. The van der Waals surface area contributed by atoms with E-state index >= 15 is 0 Å². The zero-order chi connectivity index (χ0) is 21.6. The van der Waals surface area contributed by atoms with Crippen molar-refractivity contribution < 1.29 is 24.7 Å². The SMILES string of the molecule is CC(C)N1CCC(c2csc3cc([N+](=O)[O-])ccc23)CC1.O=C(O)/C=C\C(=O)O. The fraction of sp³-hybridized carbons (Fsp3) is 0.400. The van der Waals surface area contributed by atoms with Crippen LogP contribution in [0.3, 0.4) is 0 Å². The van der Waals surface area contributed by atoms with Crippen LogP contribution in [0.4, 0.5) is 5.69 Å². The fourth-order valence-electron chi connectivity index (χ4n) is 3.34. The van der Waals surface area contributed by atoms with E-state index in [0.717, 1.165) is 17.8 Å². The number of carbonyl (C=O) groups is 2. The molecule has 1 aromatic carbocycles. The van der Waals surface area contributed by atoms with E-state index in [1.54, 1.807) is 23.5 Å². The van der Waals surface area contributed by atoms with Gasteiger partial charge in [0.25, 0.3) is 5.69 Å². The molecular weight excluding hydrogens is 396 g/mol. The number of nitro benzene ring substituents is 1. The molecule has 8 nitrogen and oxygen atoms in total. The van der Waals surface area contributed by atoms with E-state index in [4.69, 9.17) is 10.2 Å². The van der Waals surface area contributed by atoms with E-state index in [9.17, 15) is 19.7 Å². The van der Waals surface area contributed by atoms with Crippen LogP contribution in [-0.2, 0) is 9.59 Å². The van der Waals surface area contributed by atoms with Gasteiger partial charge in [-0.2, -0.15) is 0 Å². The normalized spacial score (nSPS) is 15.4. The zero-order valence-electron chi connectivity index (χ0n) is 16.3. The number of piperidine rings is 1. The average Bonchev–Trinajstić information content (AvgIpc) is 3.10. The van der Waals surface area contributed by atoms with Gasteiger partial charge in [-0.25, -0.2) is 9.59 Å². The first-order valence-corrected chi connectivity index (χ1v) is 10.1. The third-order valence-electron chi connectivity index (χ3n) is 4.87. The summed E-state index contributed by atoms with van der Waals surface area (Å²) in [6.07, 6.45) is 3.48. The summed E-state index contributed by atoms with van der Waals surface area (Å²) in [5, 5.41) is 29.9. The summed E-state index contributed by atoms with van der Waals surface area (Å²) < 4.78 is 1.03. The maximum absolute atomic E-state index is 10.9. The van der Waals surface area contributed by atoms with Gasteiger partial charge in [0, 0.05) is 35.0 Å². The van der Waals surface area contributed by atoms with Crippen LogP contribution in [0.5, 0.6) is 0 Å². The van der Waals surface area contributed by atoms with Crippen molar-refractivity contribution in [1.82, 2.24) is 4.90 Å². The van der Waals surface area contributed by atoms with Crippen LogP contribution in [0, 0.1) is 10.1 Å². The molecule has 0 spiro atoms. The highest BCUT2D eigenvalue weighted by molar-refractivity contribution is 7.17. The van der Waals surface area contributed by atoms with Crippen LogP contribution in [0.25, 0.3) is 10.1 Å². The lowest BCUT2D eigenvalue weighted by molar-refractivity contribution is -0.384. The summed E-state index contributed by atoms with van der Waals surface area (Å²) in [5.74, 6) is -1.92. The van der Waals surface area contributed by atoms with Crippen molar-refractivity contribution in [3.05, 3.63) is 51.4 Å². The van der Waals surface area contributed by atoms with E-state index in [-0.39, 0.29) is 10.6 Å². The Balaban J connectivity index is 0.000000321. The van der Waals surface area contributed by atoms with E-state index in [2.05, 4.69) is 24.1 Å². The molecule has 156 valence electrons. The molecule has 2 heterocycles. The molecule has 0 aliphatic carbocycles. The van der Waals surface area contributed by atoms with E-state index in [1.165, 1.54) is 23.8 Å². The number of nitrogens with zero attached hydrogens (tertiary/aromatic N) is 2. The number of non-ortho nitro benzene ring substituents is 1. The van der Waals surface area contributed by atoms with Gasteiger partial charge in [-0.15, -0.1) is 11.3 Å². The lowest BCUT2D eigenvalue weighted by atomic mass is 9.89. The average molecular weight is 420 g/mol. The third kappa shape index (κ3) is 6.37. The highest BCUT2D eigenvalue weighted by Crippen LogP contribution is 2.38. The molecule has 29 heavy (non-hydrogen) atoms. The molecule has 0 saturated carbocycles. The second-order valence-electron chi connectivity index (χ2n) is 7.04. The van der Waals surface area contributed by atoms with Crippen LogP contribution in [0.2, 0.25) is 0 Å². The van der Waals surface area contributed by atoms with E-state index < -0.39 is 11.9 Å². The molecule has 1 aliphatic heterocycles. The largest absolute Gasteiger partial charge is 0.478 e. The molecule has 0 amide bonds. The highest BCUT2D eigenvalue weighted by Gasteiger charge is 2.24. The van der Waals surface area contributed by atoms with Crippen molar-refractivity contribution in [2.24, 2.45) is 0 Å². The van der Waals surface area contributed by atoms with Crippen molar-refractivity contribution >= 4 is 39.0 Å². The highest BCUT2D eigenvalue weighted by atomic mass is 32.1. The summed E-state index contributed by atoms with van der Waals surface area (Å²) in [7, 11) is 0. The molecule has 3 rings (SSSR count). The maximum atomic E-state index is 10.9. The molecule has 2 N–H and O–H groups in total. The summed E-state index contributed by atoms with van der Waals surface area (Å²) in [6.45, 7) is 6.79. The predicted molar refractivity (Wildman–Crippen MR) is 112 cm³/mol. The van der Waals surface area contributed by atoms with Crippen molar-refractivity contribution in [2.45, 2.75) is 38.6 Å². The molecule has 9 heteroatoms.